The number of nitrogens with zero attached hydrogens (tertiary/aromatic N) is 4. The molecule has 1 saturated heterocycles. The fourth-order valence-corrected chi connectivity index (χ4v) is 3.12. The van der Waals surface area contributed by atoms with Crippen molar-refractivity contribution >= 4 is 22.9 Å². The van der Waals surface area contributed by atoms with Crippen LogP contribution in [0.5, 0.6) is 0 Å². The zero-order valence-electron chi connectivity index (χ0n) is 12.0. The van der Waals surface area contributed by atoms with Gasteiger partial charge in [0, 0.05) is 37.8 Å². The quantitative estimate of drug-likeness (QED) is 0.866. The molecule has 110 valence electrons. The number of hydrogen-bond acceptors (Lipinski definition) is 5. The highest BCUT2D eigenvalue weighted by Gasteiger charge is 2.21. The number of amides is 1. The largest absolute Gasteiger partial charge is 0.367 e. The molecule has 2 aromatic rings. The molecule has 0 aliphatic carbocycles. The van der Waals surface area contributed by atoms with E-state index in [0.717, 1.165) is 42.6 Å². The Kier molecular flexibility index (Phi) is 4.15. The Hall–Kier alpha value is -1.95. The van der Waals surface area contributed by atoms with Crippen molar-refractivity contribution in [3.8, 4) is 0 Å². The summed E-state index contributed by atoms with van der Waals surface area (Å²) in [6.07, 6.45) is 4.06. The summed E-state index contributed by atoms with van der Waals surface area (Å²) in [5.41, 5.74) is 2.01. The second kappa shape index (κ2) is 6.22. The third-order valence-corrected chi connectivity index (χ3v) is 4.46. The number of hydrogen-bond donors (Lipinski definition) is 0. The lowest BCUT2D eigenvalue weighted by Gasteiger charge is -2.35. The number of anilines is 1. The second-order valence-electron chi connectivity index (χ2n) is 5.11. The molecule has 0 bridgehead atoms. The van der Waals surface area contributed by atoms with E-state index < -0.39 is 0 Å². The summed E-state index contributed by atoms with van der Waals surface area (Å²) in [6, 6.07) is 4.00. The first kappa shape index (κ1) is 14.0. The minimum absolute atomic E-state index is 0.172. The molecule has 2 aromatic heterocycles. The molecule has 0 aromatic carbocycles. The number of aryl methyl sites for hydroxylation is 1. The summed E-state index contributed by atoms with van der Waals surface area (Å²) in [6.45, 7) is 5.19. The molecule has 1 aliphatic heterocycles. The summed E-state index contributed by atoms with van der Waals surface area (Å²) < 4.78 is 0. The summed E-state index contributed by atoms with van der Waals surface area (Å²) in [7, 11) is 0. The van der Waals surface area contributed by atoms with Crippen molar-refractivity contribution in [1.29, 1.82) is 0 Å². The van der Waals surface area contributed by atoms with Crippen LogP contribution < -0.4 is 4.90 Å². The molecular formula is C15H18N4OS. The van der Waals surface area contributed by atoms with Crippen molar-refractivity contribution in [3.63, 3.8) is 0 Å². The van der Waals surface area contributed by atoms with Crippen LogP contribution in [0.1, 0.15) is 10.7 Å². The van der Waals surface area contributed by atoms with Gasteiger partial charge in [0.25, 0.3) is 0 Å². The molecule has 1 fully saturated rings. The summed E-state index contributed by atoms with van der Waals surface area (Å²) in [5, 5.41) is 2.98. The molecule has 21 heavy (non-hydrogen) atoms. The highest BCUT2D eigenvalue weighted by atomic mass is 32.1. The van der Waals surface area contributed by atoms with Crippen LogP contribution in [0.2, 0.25) is 0 Å². The van der Waals surface area contributed by atoms with Gasteiger partial charge in [0.1, 0.15) is 0 Å². The Morgan fingerprint density at radius 3 is 2.76 bits per heavy atom. The van der Waals surface area contributed by atoms with E-state index in [-0.39, 0.29) is 5.91 Å². The minimum Gasteiger partial charge on any atom is -0.367 e. The van der Waals surface area contributed by atoms with Crippen LogP contribution in [0.4, 0.5) is 5.69 Å². The molecule has 3 rings (SSSR count). The molecule has 0 N–H and O–H groups in total. The molecule has 1 aliphatic rings. The van der Waals surface area contributed by atoms with E-state index in [1.807, 2.05) is 29.5 Å². The van der Waals surface area contributed by atoms with Crippen LogP contribution in [0, 0.1) is 6.92 Å². The first-order valence-electron chi connectivity index (χ1n) is 7.06. The number of pyridine rings is 1. The van der Waals surface area contributed by atoms with Gasteiger partial charge in [-0.15, -0.1) is 11.3 Å². The molecule has 0 unspecified atom stereocenters. The highest BCUT2D eigenvalue weighted by Crippen LogP contribution is 2.15. The van der Waals surface area contributed by atoms with Crippen LogP contribution >= 0.6 is 11.3 Å². The molecule has 0 radical (unpaired) electrons. The van der Waals surface area contributed by atoms with Crippen LogP contribution in [-0.4, -0.2) is 47.0 Å². The van der Waals surface area contributed by atoms with Gasteiger partial charge in [-0.1, -0.05) is 0 Å². The summed E-state index contributed by atoms with van der Waals surface area (Å²) in [5.74, 6) is 0.172. The highest BCUT2D eigenvalue weighted by molar-refractivity contribution is 7.09. The average molecular weight is 302 g/mol. The molecular weight excluding hydrogens is 284 g/mol. The van der Waals surface area contributed by atoms with Crippen LogP contribution in [0.25, 0.3) is 0 Å². The van der Waals surface area contributed by atoms with Gasteiger partial charge in [0.05, 0.1) is 29.0 Å². The molecule has 0 spiro atoms. The van der Waals surface area contributed by atoms with Crippen LogP contribution in [-0.2, 0) is 11.2 Å². The lowest BCUT2D eigenvalue weighted by molar-refractivity contribution is -0.130. The average Bonchev–Trinajstić information content (AvgIpc) is 2.93. The predicted molar refractivity (Wildman–Crippen MR) is 83.6 cm³/mol. The standard InChI is InChI=1S/C15H18N4OS/c1-12-17-13(11-21-12)9-15(20)19-7-5-18(6-8-19)14-3-2-4-16-10-14/h2-4,10-11H,5-9H2,1H3. The molecule has 0 atom stereocenters. The Labute approximate surface area is 128 Å². The molecule has 0 saturated carbocycles. The third-order valence-electron chi connectivity index (χ3n) is 3.64. The van der Waals surface area contributed by atoms with Gasteiger partial charge in [-0.25, -0.2) is 4.98 Å². The molecule has 1 amide bonds. The monoisotopic (exact) mass is 302 g/mol. The number of aromatic nitrogens is 2. The van der Waals surface area contributed by atoms with E-state index >= 15 is 0 Å². The van der Waals surface area contributed by atoms with Gasteiger partial charge < -0.3 is 9.80 Å². The predicted octanol–water partition coefficient (Wildman–Crippen LogP) is 1.74. The maximum atomic E-state index is 12.3. The number of carbonyl (C=O) groups is 1. The Morgan fingerprint density at radius 1 is 1.33 bits per heavy atom. The fraction of sp³-hybridized carbons (Fsp3) is 0.400. The smallest absolute Gasteiger partial charge is 0.228 e. The number of piperazine rings is 1. The van der Waals surface area contributed by atoms with E-state index in [1.54, 1.807) is 17.5 Å². The molecule has 6 heteroatoms. The number of rotatable bonds is 3. The van der Waals surface area contributed by atoms with Crippen molar-refractivity contribution in [2.24, 2.45) is 0 Å². The van der Waals surface area contributed by atoms with Crippen molar-refractivity contribution in [1.82, 2.24) is 14.9 Å². The zero-order valence-corrected chi connectivity index (χ0v) is 12.8. The van der Waals surface area contributed by atoms with Crippen LogP contribution in [0.3, 0.4) is 0 Å². The fourth-order valence-electron chi connectivity index (χ4n) is 2.51. The third kappa shape index (κ3) is 3.39. The van der Waals surface area contributed by atoms with Crippen molar-refractivity contribution in [3.05, 3.63) is 40.6 Å². The SMILES string of the molecule is Cc1nc(CC(=O)N2CCN(c3cccnc3)CC2)cs1. The van der Waals surface area contributed by atoms with E-state index in [0.29, 0.717) is 6.42 Å². The summed E-state index contributed by atoms with van der Waals surface area (Å²) in [4.78, 5) is 25.0. The van der Waals surface area contributed by atoms with E-state index in [4.69, 9.17) is 0 Å². The van der Waals surface area contributed by atoms with Gasteiger partial charge in [-0.3, -0.25) is 9.78 Å². The Bertz CT molecular complexity index is 605. The zero-order chi connectivity index (χ0) is 14.7. The van der Waals surface area contributed by atoms with Gasteiger partial charge >= 0.3 is 0 Å². The van der Waals surface area contributed by atoms with Gasteiger partial charge in [0.2, 0.25) is 5.91 Å². The van der Waals surface area contributed by atoms with Crippen LogP contribution in [0.15, 0.2) is 29.9 Å². The molecule has 5 nitrogen and oxygen atoms in total. The lowest BCUT2D eigenvalue weighted by Crippen LogP contribution is -2.49. The van der Waals surface area contributed by atoms with E-state index in [1.165, 1.54) is 0 Å². The van der Waals surface area contributed by atoms with Gasteiger partial charge in [-0.2, -0.15) is 0 Å². The van der Waals surface area contributed by atoms with E-state index in [9.17, 15) is 4.79 Å². The first-order valence-corrected chi connectivity index (χ1v) is 7.94. The van der Waals surface area contributed by atoms with Gasteiger partial charge in [-0.05, 0) is 19.1 Å². The van der Waals surface area contributed by atoms with Crippen molar-refractivity contribution < 1.29 is 4.79 Å². The maximum Gasteiger partial charge on any atom is 0.228 e. The first-order chi connectivity index (χ1) is 10.2. The summed E-state index contributed by atoms with van der Waals surface area (Å²) >= 11 is 1.59. The Balaban J connectivity index is 1.54. The lowest BCUT2D eigenvalue weighted by atomic mass is 10.2. The van der Waals surface area contributed by atoms with Gasteiger partial charge in [0.15, 0.2) is 0 Å². The minimum atomic E-state index is 0.172. The number of thiazole rings is 1. The normalized spacial score (nSPS) is 15.3. The Morgan fingerprint density at radius 2 is 2.14 bits per heavy atom. The second-order valence-corrected chi connectivity index (χ2v) is 6.18. The van der Waals surface area contributed by atoms with E-state index in [2.05, 4.69) is 20.9 Å². The maximum absolute atomic E-state index is 12.3. The topological polar surface area (TPSA) is 49.3 Å². The van der Waals surface area contributed by atoms with Crippen molar-refractivity contribution in [2.45, 2.75) is 13.3 Å². The number of carbonyl (C=O) groups excluding carboxylic acids is 1. The molecule has 3 heterocycles. The van der Waals surface area contributed by atoms with Crippen molar-refractivity contribution in [2.75, 3.05) is 31.1 Å².